The number of halogens is 1. The topological polar surface area (TPSA) is 134 Å². The number of para-hydroxylation sites is 1. The number of anilines is 1. The Labute approximate surface area is 240 Å². The van der Waals surface area contributed by atoms with Crippen LogP contribution in [0.25, 0.3) is 0 Å². The summed E-state index contributed by atoms with van der Waals surface area (Å²) in [5.41, 5.74) is 2.01. The number of nitrogens with one attached hydrogen (secondary N) is 4. The first-order valence-electron chi connectivity index (χ1n) is 13.2. The van der Waals surface area contributed by atoms with Crippen LogP contribution in [-0.2, 0) is 15.6 Å². The Balaban J connectivity index is 1.33. The highest BCUT2D eigenvalue weighted by molar-refractivity contribution is 7.87. The van der Waals surface area contributed by atoms with Gasteiger partial charge in [0.2, 0.25) is 5.95 Å². The summed E-state index contributed by atoms with van der Waals surface area (Å²) in [6.07, 6.45) is 2.69. The lowest BCUT2D eigenvalue weighted by Crippen LogP contribution is -2.49. The van der Waals surface area contributed by atoms with Crippen LogP contribution in [0.3, 0.4) is 0 Å². The molecular formula is C28H35ClN6O4S. The maximum Gasteiger partial charge on any atom is 0.277 e. The van der Waals surface area contributed by atoms with E-state index < -0.39 is 10.2 Å². The van der Waals surface area contributed by atoms with Gasteiger partial charge in [0, 0.05) is 36.8 Å². The first kappa shape index (κ1) is 29.7. The van der Waals surface area contributed by atoms with Gasteiger partial charge in [0.05, 0.1) is 12.7 Å². The second kappa shape index (κ2) is 13.4. The molecule has 12 heteroatoms. The van der Waals surface area contributed by atoms with Crippen molar-refractivity contribution in [2.45, 2.75) is 44.1 Å². The number of methoxy groups -OCH3 is 1. The number of hydrogen-bond donors (Lipinski definition) is 4. The number of aromatic nitrogens is 2. The molecular weight excluding hydrogens is 552 g/mol. The van der Waals surface area contributed by atoms with E-state index in [1.165, 1.54) is 0 Å². The van der Waals surface area contributed by atoms with Crippen LogP contribution in [0.4, 0.5) is 5.95 Å². The molecule has 0 saturated heterocycles. The number of ether oxygens (including phenoxy) is 1. The number of benzene rings is 2. The van der Waals surface area contributed by atoms with Crippen molar-refractivity contribution < 1.29 is 17.9 Å². The zero-order chi connectivity index (χ0) is 28.6. The number of amides is 1. The van der Waals surface area contributed by atoms with Crippen molar-refractivity contribution >= 4 is 33.7 Å². The monoisotopic (exact) mass is 586 g/mol. The minimum Gasteiger partial charge on any atom is -0.496 e. The zero-order valence-corrected chi connectivity index (χ0v) is 24.2. The minimum absolute atomic E-state index is 0.153. The molecule has 4 N–H and O–H groups in total. The molecule has 2 aromatic carbocycles. The van der Waals surface area contributed by atoms with E-state index >= 15 is 0 Å². The van der Waals surface area contributed by atoms with E-state index in [-0.39, 0.29) is 23.9 Å². The summed E-state index contributed by atoms with van der Waals surface area (Å²) in [5.74, 6) is 0.663. The van der Waals surface area contributed by atoms with Crippen molar-refractivity contribution in [3.05, 3.63) is 82.6 Å². The summed E-state index contributed by atoms with van der Waals surface area (Å²) in [5, 5.41) is 6.39. The number of carbonyl (C=O) groups excluding carboxylic acids is 1. The minimum atomic E-state index is -3.71. The van der Waals surface area contributed by atoms with Crippen LogP contribution in [0.15, 0.2) is 60.7 Å². The highest BCUT2D eigenvalue weighted by atomic mass is 35.5. The third kappa shape index (κ3) is 7.91. The first-order chi connectivity index (χ1) is 19.2. The molecule has 1 aromatic heterocycles. The number of carbonyl (C=O) groups is 1. The lowest BCUT2D eigenvalue weighted by Gasteiger charge is -2.41. The van der Waals surface area contributed by atoms with Gasteiger partial charge >= 0.3 is 0 Å². The van der Waals surface area contributed by atoms with Gasteiger partial charge in [-0.15, -0.1) is 0 Å². The van der Waals surface area contributed by atoms with Crippen molar-refractivity contribution in [1.29, 1.82) is 0 Å². The SMILES string of the molecule is COc1ccccc1C(=O)NC[C@]1(c2ccccc2)CC[C@H](NS(=O)(=O)NCCNc2nc(C)cc(Cl)n2)CC1. The largest absolute Gasteiger partial charge is 0.496 e. The molecule has 0 bridgehead atoms. The molecule has 1 fully saturated rings. The van der Waals surface area contributed by atoms with Gasteiger partial charge in [0.1, 0.15) is 10.9 Å². The smallest absolute Gasteiger partial charge is 0.277 e. The summed E-state index contributed by atoms with van der Waals surface area (Å²) in [4.78, 5) is 21.3. The highest BCUT2D eigenvalue weighted by Gasteiger charge is 2.38. The van der Waals surface area contributed by atoms with Gasteiger partial charge in [-0.25, -0.2) is 14.7 Å². The molecule has 0 atom stereocenters. The predicted octanol–water partition coefficient (Wildman–Crippen LogP) is 3.59. The van der Waals surface area contributed by atoms with Gasteiger partial charge in [0.25, 0.3) is 16.1 Å². The summed E-state index contributed by atoms with van der Waals surface area (Å²) in [7, 11) is -2.17. The Kier molecular flexibility index (Phi) is 9.96. The summed E-state index contributed by atoms with van der Waals surface area (Å²) < 4.78 is 36.1. The van der Waals surface area contributed by atoms with E-state index in [0.717, 1.165) is 5.56 Å². The molecule has 0 radical (unpaired) electrons. The average molecular weight is 587 g/mol. The van der Waals surface area contributed by atoms with Gasteiger partial charge in [0.15, 0.2) is 0 Å². The van der Waals surface area contributed by atoms with Crippen LogP contribution in [0.1, 0.15) is 47.3 Å². The maximum absolute atomic E-state index is 13.0. The van der Waals surface area contributed by atoms with Gasteiger partial charge in [-0.1, -0.05) is 54.1 Å². The number of hydrogen-bond acceptors (Lipinski definition) is 7. The molecule has 1 saturated carbocycles. The quantitative estimate of drug-likeness (QED) is 0.188. The van der Waals surface area contributed by atoms with E-state index in [9.17, 15) is 13.2 Å². The van der Waals surface area contributed by atoms with Crippen molar-refractivity contribution in [2.75, 3.05) is 32.1 Å². The molecule has 0 aliphatic heterocycles. The van der Waals surface area contributed by atoms with Crippen LogP contribution >= 0.6 is 11.6 Å². The van der Waals surface area contributed by atoms with Crippen LogP contribution in [0.2, 0.25) is 5.15 Å². The normalized spacial score (nSPS) is 19.1. The molecule has 10 nitrogen and oxygen atoms in total. The van der Waals surface area contributed by atoms with Crippen molar-refractivity contribution in [3.63, 3.8) is 0 Å². The standard InChI is InChI=1S/C28H35ClN6O4S/c1-20-18-25(29)34-27(33-20)30-16-17-32-40(37,38)35-22-12-14-28(15-13-22,21-8-4-3-5-9-21)19-31-26(36)23-10-6-7-11-24(23)39-2/h3-11,18,22,32,35H,12-17,19H2,1-2H3,(H,31,36)(H,30,33,34)/t22-,28-. The Hall–Kier alpha value is -3.25. The van der Waals surface area contributed by atoms with Crippen LogP contribution in [-0.4, -0.2) is 57.1 Å². The Morgan fingerprint density at radius 3 is 2.45 bits per heavy atom. The lowest BCUT2D eigenvalue weighted by molar-refractivity contribution is 0.0932. The first-order valence-corrected chi connectivity index (χ1v) is 15.0. The molecule has 3 aromatic rings. The van der Waals surface area contributed by atoms with E-state index in [1.807, 2.05) is 24.3 Å². The molecule has 1 aliphatic carbocycles. The molecule has 1 heterocycles. The zero-order valence-electron chi connectivity index (χ0n) is 22.6. The third-order valence-electron chi connectivity index (χ3n) is 7.11. The van der Waals surface area contributed by atoms with Crippen molar-refractivity contribution in [3.8, 4) is 5.75 Å². The fourth-order valence-electron chi connectivity index (χ4n) is 5.05. The number of aryl methyl sites for hydroxylation is 1. The molecule has 214 valence electrons. The van der Waals surface area contributed by atoms with Gasteiger partial charge in [-0.2, -0.15) is 13.1 Å². The van der Waals surface area contributed by atoms with Crippen molar-refractivity contribution in [1.82, 2.24) is 24.7 Å². The van der Waals surface area contributed by atoms with Crippen LogP contribution in [0.5, 0.6) is 5.75 Å². The van der Waals surface area contributed by atoms with Crippen LogP contribution in [0, 0.1) is 6.92 Å². The number of rotatable bonds is 12. The second-order valence-corrected chi connectivity index (χ2v) is 11.8. The van der Waals surface area contributed by atoms with Crippen molar-refractivity contribution in [2.24, 2.45) is 0 Å². The second-order valence-electron chi connectivity index (χ2n) is 9.90. The van der Waals surface area contributed by atoms with Gasteiger partial charge in [-0.05, 0) is 56.4 Å². The van der Waals surface area contributed by atoms with E-state index in [0.29, 0.717) is 66.9 Å². The molecule has 1 amide bonds. The maximum atomic E-state index is 13.0. The van der Waals surface area contributed by atoms with E-state index in [1.54, 1.807) is 38.3 Å². The molecule has 1 aliphatic rings. The fraction of sp³-hybridized carbons (Fsp3) is 0.393. The predicted molar refractivity (Wildman–Crippen MR) is 156 cm³/mol. The molecule has 4 rings (SSSR count). The van der Waals surface area contributed by atoms with Gasteiger partial charge in [-0.3, -0.25) is 4.79 Å². The Morgan fingerprint density at radius 1 is 1.05 bits per heavy atom. The summed E-state index contributed by atoms with van der Waals surface area (Å²) in [6, 6.07) is 18.6. The molecule has 0 unspecified atom stereocenters. The Bertz CT molecular complexity index is 1380. The number of nitrogens with zero attached hydrogens (tertiary/aromatic N) is 2. The lowest BCUT2D eigenvalue weighted by atomic mass is 9.68. The molecule has 40 heavy (non-hydrogen) atoms. The fourth-order valence-corrected chi connectivity index (χ4v) is 6.42. The van der Waals surface area contributed by atoms with E-state index in [2.05, 4.69) is 42.2 Å². The van der Waals surface area contributed by atoms with E-state index in [4.69, 9.17) is 16.3 Å². The summed E-state index contributed by atoms with van der Waals surface area (Å²) >= 11 is 5.94. The third-order valence-corrected chi connectivity index (χ3v) is 8.53. The highest BCUT2D eigenvalue weighted by Crippen LogP contribution is 2.39. The van der Waals surface area contributed by atoms with Crippen LogP contribution < -0.4 is 24.8 Å². The summed E-state index contributed by atoms with van der Waals surface area (Å²) in [6.45, 7) is 2.69. The molecule has 0 spiro atoms. The van der Waals surface area contributed by atoms with Gasteiger partial charge < -0.3 is 15.4 Å². The average Bonchev–Trinajstić information content (AvgIpc) is 2.95. The Morgan fingerprint density at radius 2 is 1.75 bits per heavy atom.